The monoisotopic (exact) mass is 261 g/mol. The molecule has 1 aromatic rings. The van der Waals surface area contributed by atoms with E-state index in [1.54, 1.807) is 7.11 Å². The number of ether oxygens (including phenoxy) is 1. The molecule has 1 aromatic carbocycles. The number of methoxy groups -OCH3 is 1. The summed E-state index contributed by atoms with van der Waals surface area (Å²) in [5.41, 5.74) is 7.50. The van der Waals surface area contributed by atoms with E-state index in [0.717, 1.165) is 19.1 Å². The van der Waals surface area contributed by atoms with Crippen LogP contribution in [0.3, 0.4) is 0 Å². The summed E-state index contributed by atoms with van der Waals surface area (Å²) in [5, 5.41) is 7.62. The van der Waals surface area contributed by atoms with Crippen LogP contribution in [0.25, 0.3) is 0 Å². The largest absolute Gasteiger partial charge is 0.496 e. The van der Waals surface area contributed by atoms with Gasteiger partial charge in [0.2, 0.25) is 0 Å². The van der Waals surface area contributed by atoms with Crippen molar-refractivity contribution in [1.29, 1.82) is 5.41 Å². The van der Waals surface area contributed by atoms with Crippen molar-refractivity contribution in [3.05, 3.63) is 29.3 Å². The van der Waals surface area contributed by atoms with Gasteiger partial charge in [0.1, 0.15) is 11.6 Å². The third-order valence-corrected chi connectivity index (χ3v) is 3.51. The second-order valence-electron chi connectivity index (χ2n) is 5.15. The first kappa shape index (κ1) is 13.9. The predicted octanol–water partition coefficient (Wildman–Crippen LogP) is 2.35. The summed E-state index contributed by atoms with van der Waals surface area (Å²) in [6.07, 6.45) is 3.80. The molecule has 0 heterocycles. The summed E-state index contributed by atoms with van der Waals surface area (Å²) in [7, 11) is 1.61. The molecule has 0 aliphatic heterocycles. The standard InChI is InChI=1S/C15H23N3O/c1-3-8-18(12-5-6-12)10-11-4-7-14(19-2)13(9-11)15(16)17/h4,7,9,12H,3,5-6,8,10H2,1-2H3,(H3,16,17). The van der Waals surface area contributed by atoms with Gasteiger partial charge in [-0.25, -0.2) is 0 Å². The third-order valence-electron chi connectivity index (χ3n) is 3.51. The molecule has 2 rings (SSSR count). The highest BCUT2D eigenvalue weighted by Crippen LogP contribution is 2.29. The number of hydrogen-bond acceptors (Lipinski definition) is 3. The first-order valence-corrected chi connectivity index (χ1v) is 6.91. The zero-order chi connectivity index (χ0) is 13.8. The second kappa shape index (κ2) is 6.06. The van der Waals surface area contributed by atoms with Crippen LogP contribution in [-0.2, 0) is 6.54 Å². The van der Waals surface area contributed by atoms with Crippen LogP contribution in [0.4, 0.5) is 0 Å². The van der Waals surface area contributed by atoms with Gasteiger partial charge >= 0.3 is 0 Å². The average Bonchev–Trinajstić information content (AvgIpc) is 3.22. The lowest BCUT2D eigenvalue weighted by atomic mass is 10.1. The van der Waals surface area contributed by atoms with Gasteiger partial charge in [-0.2, -0.15) is 0 Å². The van der Waals surface area contributed by atoms with Gasteiger partial charge in [-0.15, -0.1) is 0 Å². The van der Waals surface area contributed by atoms with E-state index in [9.17, 15) is 0 Å². The van der Waals surface area contributed by atoms with Crippen molar-refractivity contribution < 1.29 is 4.74 Å². The molecule has 0 radical (unpaired) electrons. The Labute approximate surface area is 115 Å². The molecule has 1 aliphatic carbocycles. The molecule has 4 heteroatoms. The number of nitrogens with zero attached hydrogens (tertiary/aromatic N) is 1. The molecule has 3 N–H and O–H groups in total. The van der Waals surface area contributed by atoms with E-state index in [1.165, 1.54) is 24.8 Å². The van der Waals surface area contributed by atoms with Gasteiger partial charge < -0.3 is 10.5 Å². The quantitative estimate of drug-likeness (QED) is 0.585. The van der Waals surface area contributed by atoms with Crippen LogP contribution < -0.4 is 10.5 Å². The molecule has 104 valence electrons. The molecule has 1 fully saturated rings. The Kier molecular flexibility index (Phi) is 4.43. The molecule has 1 saturated carbocycles. The number of nitrogens with two attached hydrogens (primary N) is 1. The summed E-state index contributed by atoms with van der Waals surface area (Å²) < 4.78 is 5.24. The highest BCUT2D eigenvalue weighted by Gasteiger charge is 2.28. The highest BCUT2D eigenvalue weighted by atomic mass is 16.5. The number of rotatable bonds is 7. The molecule has 0 amide bonds. The smallest absolute Gasteiger partial charge is 0.129 e. The molecule has 0 atom stereocenters. The summed E-state index contributed by atoms with van der Waals surface area (Å²) in [5.74, 6) is 0.733. The summed E-state index contributed by atoms with van der Waals surface area (Å²) >= 11 is 0. The molecule has 4 nitrogen and oxygen atoms in total. The van der Waals surface area contributed by atoms with Crippen LogP contribution in [0.15, 0.2) is 18.2 Å². The van der Waals surface area contributed by atoms with Crippen molar-refractivity contribution in [3.63, 3.8) is 0 Å². The minimum absolute atomic E-state index is 0.0622. The van der Waals surface area contributed by atoms with Crippen LogP contribution in [0.5, 0.6) is 5.75 Å². The average molecular weight is 261 g/mol. The third kappa shape index (κ3) is 3.47. The molecule has 0 bridgehead atoms. The second-order valence-corrected chi connectivity index (χ2v) is 5.15. The predicted molar refractivity (Wildman–Crippen MR) is 77.7 cm³/mol. The van der Waals surface area contributed by atoms with Crippen molar-refractivity contribution in [3.8, 4) is 5.75 Å². The highest BCUT2D eigenvalue weighted by molar-refractivity contribution is 5.97. The van der Waals surface area contributed by atoms with Crippen LogP contribution in [0, 0.1) is 5.41 Å². The Balaban J connectivity index is 2.15. The Morgan fingerprint density at radius 2 is 2.21 bits per heavy atom. The molecule has 19 heavy (non-hydrogen) atoms. The lowest BCUT2D eigenvalue weighted by molar-refractivity contribution is 0.255. The normalized spacial score (nSPS) is 14.7. The lowest BCUT2D eigenvalue weighted by Gasteiger charge is -2.22. The van der Waals surface area contributed by atoms with Crippen molar-refractivity contribution >= 4 is 5.84 Å². The van der Waals surface area contributed by atoms with E-state index in [2.05, 4.69) is 17.9 Å². The first-order chi connectivity index (χ1) is 9.15. The van der Waals surface area contributed by atoms with E-state index in [0.29, 0.717) is 11.3 Å². The number of nitrogens with one attached hydrogen (secondary N) is 1. The molecule has 1 aliphatic rings. The Morgan fingerprint density at radius 3 is 2.74 bits per heavy atom. The van der Waals surface area contributed by atoms with Gasteiger partial charge in [-0.05, 0) is 43.5 Å². The van der Waals surface area contributed by atoms with E-state index in [1.807, 2.05) is 12.1 Å². The van der Waals surface area contributed by atoms with E-state index >= 15 is 0 Å². The maximum absolute atomic E-state index is 7.62. The SMILES string of the molecule is CCCN(Cc1ccc(OC)c(C(=N)N)c1)C1CC1. The van der Waals surface area contributed by atoms with Gasteiger partial charge in [-0.3, -0.25) is 10.3 Å². The number of amidine groups is 1. The Morgan fingerprint density at radius 1 is 1.47 bits per heavy atom. The molecule has 0 spiro atoms. The minimum atomic E-state index is 0.0622. The number of hydrogen-bond donors (Lipinski definition) is 2. The molecule has 0 saturated heterocycles. The summed E-state index contributed by atoms with van der Waals surface area (Å²) in [4.78, 5) is 2.52. The minimum Gasteiger partial charge on any atom is -0.496 e. The summed E-state index contributed by atoms with van der Waals surface area (Å²) in [6.45, 7) is 4.28. The number of benzene rings is 1. The maximum Gasteiger partial charge on any atom is 0.129 e. The topological polar surface area (TPSA) is 62.3 Å². The van der Waals surface area contributed by atoms with Crippen LogP contribution >= 0.6 is 0 Å². The lowest BCUT2D eigenvalue weighted by Crippen LogP contribution is -2.26. The van der Waals surface area contributed by atoms with Crippen LogP contribution in [0.1, 0.15) is 37.3 Å². The fourth-order valence-corrected chi connectivity index (χ4v) is 2.42. The molecule has 0 aromatic heterocycles. The molecular weight excluding hydrogens is 238 g/mol. The Hall–Kier alpha value is -1.55. The number of nitrogen functional groups attached to an aromatic ring is 1. The van der Waals surface area contributed by atoms with Gasteiger partial charge in [0.05, 0.1) is 12.7 Å². The van der Waals surface area contributed by atoms with E-state index in [-0.39, 0.29) is 5.84 Å². The van der Waals surface area contributed by atoms with E-state index < -0.39 is 0 Å². The fraction of sp³-hybridized carbons (Fsp3) is 0.533. The van der Waals surface area contributed by atoms with Gasteiger partial charge in [0.15, 0.2) is 0 Å². The maximum atomic E-state index is 7.62. The zero-order valence-corrected chi connectivity index (χ0v) is 11.8. The van der Waals surface area contributed by atoms with Gasteiger partial charge in [0.25, 0.3) is 0 Å². The van der Waals surface area contributed by atoms with Crippen LogP contribution in [0.2, 0.25) is 0 Å². The first-order valence-electron chi connectivity index (χ1n) is 6.91. The fourth-order valence-electron chi connectivity index (χ4n) is 2.42. The van der Waals surface area contributed by atoms with Crippen molar-refractivity contribution in [1.82, 2.24) is 4.90 Å². The zero-order valence-electron chi connectivity index (χ0n) is 11.8. The Bertz CT molecular complexity index is 455. The van der Waals surface area contributed by atoms with E-state index in [4.69, 9.17) is 15.9 Å². The van der Waals surface area contributed by atoms with Gasteiger partial charge in [-0.1, -0.05) is 13.0 Å². The van der Waals surface area contributed by atoms with Crippen molar-refractivity contribution in [2.75, 3.05) is 13.7 Å². The van der Waals surface area contributed by atoms with Crippen LogP contribution in [-0.4, -0.2) is 30.4 Å². The van der Waals surface area contributed by atoms with Crippen molar-refractivity contribution in [2.24, 2.45) is 5.73 Å². The van der Waals surface area contributed by atoms with Crippen molar-refractivity contribution in [2.45, 2.75) is 38.8 Å². The molecular formula is C15H23N3O. The molecule has 0 unspecified atom stereocenters. The summed E-state index contributed by atoms with van der Waals surface area (Å²) in [6, 6.07) is 6.70. The van der Waals surface area contributed by atoms with Gasteiger partial charge in [0, 0.05) is 12.6 Å².